The average molecular weight is 276 g/mol. The Balaban J connectivity index is 2.02. The highest BCUT2D eigenvalue weighted by molar-refractivity contribution is 7.09. The second kappa shape index (κ2) is 7.26. The number of aromatic nitrogens is 1. The van der Waals surface area contributed by atoms with Gasteiger partial charge in [-0.05, 0) is 37.1 Å². The standard InChI is InChI=1S/C15H20N2OS/c1-3-17-13(9-15-10-16-11-19-15)7-12-5-4-6-14(8-12)18-2/h4-6,8,10-11,13,17H,3,7,9H2,1-2H3. The summed E-state index contributed by atoms with van der Waals surface area (Å²) in [5.74, 6) is 0.922. The number of thiazole rings is 1. The molecule has 0 bridgehead atoms. The molecule has 1 atom stereocenters. The van der Waals surface area contributed by atoms with Gasteiger partial charge in [-0.1, -0.05) is 19.1 Å². The molecule has 0 fully saturated rings. The minimum Gasteiger partial charge on any atom is -0.497 e. The minimum atomic E-state index is 0.442. The molecule has 0 amide bonds. The van der Waals surface area contributed by atoms with Crippen LogP contribution in [0.1, 0.15) is 17.4 Å². The van der Waals surface area contributed by atoms with Crippen molar-refractivity contribution in [2.24, 2.45) is 0 Å². The second-order valence-corrected chi connectivity index (χ2v) is 5.45. The summed E-state index contributed by atoms with van der Waals surface area (Å²) in [6.07, 6.45) is 3.99. The molecule has 0 saturated carbocycles. The van der Waals surface area contributed by atoms with Crippen LogP contribution in [0.2, 0.25) is 0 Å². The van der Waals surface area contributed by atoms with Gasteiger partial charge >= 0.3 is 0 Å². The largest absolute Gasteiger partial charge is 0.497 e. The number of likely N-dealkylation sites (N-methyl/N-ethyl adjacent to an activating group) is 1. The molecule has 1 aromatic heterocycles. The van der Waals surface area contributed by atoms with E-state index in [2.05, 4.69) is 29.4 Å². The second-order valence-electron chi connectivity index (χ2n) is 4.48. The van der Waals surface area contributed by atoms with E-state index in [0.717, 1.165) is 25.1 Å². The molecule has 3 nitrogen and oxygen atoms in total. The van der Waals surface area contributed by atoms with Crippen LogP contribution >= 0.6 is 11.3 Å². The number of ether oxygens (including phenoxy) is 1. The Labute approximate surface area is 118 Å². The van der Waals surface area contributed by atoms with Crippen molar-refractivity contribution in [2.45, 2.75) is 25.8 Å². The highest BCUT2D eigenvalue weighted by Gasteiger charge is 2.11. The van der Waals surface area contributed by atoms with E-state index in [9.17, 15) is 0 Å². The summed E-state index contributed by atoms with van der Waals surface area (Å²) in [6.45, 7) is 3.12. The fourth-order valence-corrected chi connectivity index (χ4v) is 2.85. The highest BCUT2D eigenvalue weighted by atomic mass is 32.1. The number of nitrogens with one attached hydrogen (secondary N) is 1. The number of nitrogens with zero attached hydrogens (tertiary/aromatic N) is 1. The molecule has 19 heavy (non-hydrogen) atoms. The molecule has 4 heteroatoms. The molecule has 0 saturated heterocycles. The van der Waals surface area contributed by atoms with Crippen molar-refractivity contribution in [1.82, 2.24) is 10.3 Å². The lowest BCUT2D eigenvalue weighted by atomic mass is 10.0. The molecule has 2 rings (SSSR count). The summed E-state index contributed by atoms with van der Waals surface area (Å²) in [4.78, 5) is 5.47. The van der Waals surface area contributed by atoms with Crippen LogP contribution < -0.4 is 10.1 Å². The first-order valence-electron chi connectivity index (χ1n) is 6.55. The first-order chi connectivity index (χ1) is 9.31. The molecule has 0 aliphatic carbocycles. The van der Waals surface area contributed by atoms with Crippen molar-refractivity contribution >= 4 is 11.3 Å². The SMILES string of the molecule is CCNC(Cc1cccc(OC)c1)Cc1cncs1. The zero-order valence-electron chi connectivity index (χ0n) is 11.4. The van der Waals surface area contributed by atoms with E-state index >= 15 is 0 Å². The van der Waals surface area contributed by atoms with Crippen LogP contribution in [0.3, 0.4) is 0 Å². The monoisotopic (exact) mass is 276 g/mol. The maximum Gasteiger partial charge on any atom is 0.119 e. The van der Waals surface area contributed by atoms with Crippen molar-refractivity contribution in [3.05, 3.63) is 46.4 Å². The summed E-state index contributed by atoms with van der Waals surface area (Å²) >= 11 is 1.72. The zero-order valence-corrected chi connectivity index (χ0v) is 12.2. The lowest BCUT2D eigenvalue weighted by Crippen LogP contribution is -2.32. The Kier molecular flexibility index (Phi) is 5.36. The van der Waals surface area contributed by atoms with Crippen molar-refractivity contribution in [2.75, 3.05) is 13.7 Å². The van der Waals surface area contributed by atoms with Crippen LogP contribution in [0.5, 0.6) is 5.75 Å². The molecule has 0 aliphatic rings. The van der Waals surface area contributed by atoms with Gasteiger partial charge in [-0.2, -0.15) is 0 Å². The zero-order chi connectivity index (χ0) is 13.5. The van der Waals surface area contributed by atoms with Crippen LogP contribution in [-0.4, -0.2) is 24.7 Å². The Hall–Kier alpha value is -1.39. The molecule has 0 spiro atoms. The Bertz CT molecular complexity index is 485. The lowest BCUT2D eigenvalue weighted by Gasteiger charge is -2.17. The molecular weight excluding hydrogens is 256 g/mol. The quantitative estimate of drug-likeness (QED) is 0.844. The van der Waals surface area contributed by atoms with Crippen LogP contribution in [0.4, 0.5) is 0 Å². The van der Waals surface area contributed by atoms with Crippen molar-refractivity contribution in [3.63, 3.8) is 0 Å². The van der Waals surface area contributed by atoms with Crippen LogP contribution in [0.25, 0.3) is 0 Å². The van der Waals surface area contributed by atoms with Gasteiger partial charge in [-0.3, -0.25) is 4.98 Å². The molecule has 0 aliphatic heterocycles. The first kappa shape index (κ1) is 14.0. The van der Waals surface area contributed by atoms with E-state index in [1.165, 1.54) is 10.4 Å². The summed E-state index contributed by atoms with van der Waals surface area (Å²) in [5, 5.41) is 3.54. The summed E-state index contributed by atoms with van der Waals surface area (Å²) in [5.41, 5.74) is 3.19. The van der Waals surface area contributed by atoms with Crippen LogP contribution in [0, 0.1) is 0 Å². The number of benzene rings is 1. The maximum absolute atomic E-state index is 5.27. The van der Waals surface area contributed by atoms with Gasteiger partial charge in [0.2, 0.25) is 0 Å². The third kappa shape index (κ3) is 4.33. The molecule has 1 aromatic carbocycles. The fourth-order valence-electron chi connectivity index (χ4n) is 2.17. The van der Waals surface area contributed by atoms with Crippen molar-refractivity contribution in [3.8, 4) is 5.75 Å². The van der Waals surface area contributed by atoms with Crippen molar-refractivity contribution < 1.29 is 4.74 Å². The van der Waals surface area contributed by atoms with Gasteiger partial charge < -0.3 is 10.1 Å². The van der Waals surface area contributed by atoms with E-state index in [4.69, 9.17) is 4.74 Å². The Morgan fingerprint density at radius 2 is 2.26 bits per heavy atom. The topological polar surface area (TPSA) is 34.1 Å². The van der Waals surface area contributed by atoms with Crippen LogP contribution in [0.15, 0.2) is 36.0 Å². The molecule has 0 radical (unpaired) electrons. The summed E-state index contributed by atoms with van der Waals surface area (Å²) in [7, 11) is 1.71. The smallest absolute Gasteiger partial charge is 0.119 e. The number of rotatable bonds is 7. The van der Waals surface area contributed by atoms with Gasteiger partial charge in [0.25, 0.3) is 0 Å². The molecule has 102 valence electrons. The molecule has 1 unspecified atom stereocenters. The highest BCUT2D eigenvalue weighted by Crippen LogP contribution is 2.16. The van der Waals surface area contributed by atoms with E-state index in [0.29, 0.717) is 6.04 Å². The van der Waals surface area contributed by atoms with E-state index in [1.54, 1.807) is 18.4 Å². The number of hydrogen-bond acceptors (Lipinski definition) is 4. The van der Waals surface area contributed by atoms with E-state index in [1.807, 2.05) is 23.8 Å². The molecule has 2 aromatic rings. The van der Waals surface area contributed by atoms with Gasteiger partial charge in [-0.15, -0.1) is 11.3 Å². The third-order valence-electron chi connectivity index (χ3n) is 3.04. The number of methoxy groups -OCH3 is 1. The molecular formula is C15H20N2OS. The van der Waals surface area contributed by atoms with Gasteiger partial charge in [0.15, 0.2) is 0 Å². The van der Waals surface area contributed by atoms with Gasteiger partial charge in [-0.25, -0.2) is 0 Å². The summed E-state index contributed by atoms with van der Waals surface area (Å²) in [6, 6.07) is 8.73. The Morgan fingerprint density at radius 1 is 1.37 bits per heavy atom. The van der Waals surface area contributed by atoms with Crippen molar-refractivity contribution in [1.29, 1.82) is 0 Å². The fraction of sp³-hybridized carbons (Fsp3) is 0.400. The average Bonchev–Trinajstić information content (AvgIpc) is 2.92. The lowest BCUT2D eigenvalue weighted by molar-refractivity contribution is 0.413. The first-order valence-corrected chi connectivity index (χ1v) is 7.43. The van der Waals surface area contributed by atoms with E-state index < -0.39 is 0 Å². The normalized spacial score (nSPS) is 12.3. The minimum absolute atomic E-state index is 0.442. The third-order valence-corrected chi connectivity index (χ3v) is 3.84. The molecule has 1 N–H and O–H groups in total. The predicted octanol–water partition coefficient (Wildman–Crippen LogP) is 2.92. The van der Waals surface area contributed by atoms with Gasteiger partial charge in [0.1, 0.15) is 5.75 Å². The maximum atomic E-state index is 5.27. The molecule has 1 heterocycles. The summed E-state index contributed by atoms with van der Waals surface area (Å²) < 4.78 is 5.27. The van der Waals surface area contributed by atoms with Gasteiger partial charge in [0, 0.05) is 17.1 Å². The van der Waals surface area contributed by atoms with E-state index in [-0.39, 0.29) is 0 Å². The van der Waals surface area contributed by atoms with Gasteiger partial charge in [0.05, 0.1) is 12.6 Å². The Morgan fingerprint density at radius 3 is 2.95 bits per heavy atom. The predicted molar refractivity (Wildman–Crippen MR) is 80.0 cm³/mol. The number of hydrogen-bond donors (Lipinski definition) is 1. The van der Waals surface area contributed by atoms with Crippen LogP contribution in [-0.2, 0) is 12.8 Å².